The molecule has 0 spiro atoms. The molecule has 1 heterocycles. The van der Waals surface area contributed by atoms with Gasteiger partial charge in [0.2, 0.25) is 11.8 Å². The van der Waals surface area contributed by atoms with Crippen molar-refractivity contribution < 1.29 is 9.59 Å². The summed E-state index contributed by atoms with van der Waals surface area (Å²) in [7, 11) is 0. The molecule has 0 aromatic rings. The summed E-state index contributed by atoms with van der Waals surface area (Å²) in [5.41, 5.74) is 0. The van der Waals surface area contributed by atoms with Crippen molar-refractivity contribution in [1.82, 2.24) is 10.2 Å². The van der Waals surface area contributed by atoms with Gasteiger partial charge in [0.25, 0.3) is 0 Å². The molecule has 2 fully saturated rings. The van der Waals surface area contributed by atoms with Crippen LogP contribution in [0, 0.1) is 11.8 Å². The number of hydrogen-bond donors (Lipinski definition) is 1. The van der Waals surface area contributed by atoms with Crippen LogP contribution < -0.4 is 5.32 Å². The lowest BCUT2D eigenvalue weighted by Gasteiger charge is -2.42. The zero-order valence-corrected chi connectivity index (χ0v) is 13.7. The van der Waals surface area contributed by atoms with E-state index in [1.54, 1.807) is 0 Å². The maximum absolute atomic E-state index is 12.9. The normalized spacial score (nSPS) is 28.1. The maximum atomic E-state index is 12.9. The third kappa shape index (κ3) is 3.78. The number of hydrogen-bond acceptors (Lipinski definition) is 2. The second-order valence-corrected chi connectivity index (χ2v) is 7.06. The fraction of sp³-hybridized carbons (Fsp3) is 0.882. The van der Waals surface area contributed by atoms with Crippen molar-refractivity contribution in [2.45, 2.75) is 77.8 Å². The Hall–Kier alpha value is -1.06. The molecule has 1 aliphatic carbocycles. The Balaban J connectivity index is 2.13. The van der Waals surface area contributed by atoms with Crippen molar-refractivity contribution in [3.8, 4) is 0 Å². The van der Waals surface area contributed by atoms with Crippen LogP contribution >= 0.6 is 0 Å². The van der Waals surface area contributed by atoms with E-state index < -0.39 is 0 Å². The molecule has 0 aromatic carbocycles. The molecule has 0 aromatic heterocycles. The van der Waals surface area contributed by atoms with Gasteiger partial charge in [-0.2, -0.15) is 0 Å². The van der Waals surface area contributed by atoms with Gasteiger partial charge >= 0.3 is 0 Å². The zero-order chi connectivity index (χ0) is 15.4. The van der Waals surface area contributed by atoms with Gasteiger partial charge in [-0.3, -0.25) is 9.59 Å². The van der Waals surface area contributed by atoms with Crippen LogP contribution in [-0.2, 0) is 9.59 Å². The van der Waals surface area contributed by atoms with Gasteiger partial charge in [0.05, 0.1) is 0 Å². The summed E-state index contributed by atoms with van der Waals surface area (Å²) in [5, 5.41) is 3.05. The Bertz CT molecular complexity index is 375. The minimum Gasteiger partial charge on any atom is -0.342 e. The monoisotopic (exact) mass is 294 g/mol. The molecule has 0 radical (unpaired) electrons. The summed E-state index contributed by atoms with van der Waals surface area (Å²) in [6.07, 6.45) is 7.46. The largest absolute Gasteiger partial charge is 0.342 e. The average Bonchev–Trinajstić information content (AvgIpc) is 2.47. The van der Waals surface area contributed by atoms with Crippen LogP contribution in [0.25, 0.3) is 0 Å². The molecule has 120 valence electrons. The quantitative estimate of drug-likeness (QED) is 0.847. The van der Waals surface area contributed by atoms with Crippen LogP contribution in [0.2, 0.25) is 0 Å². The Kier molecular flexibility index (Phi) is 5.65. The van der Waals surface area contributed by atoms with E-state index >= 15 is 0 Å². The molecule has 2 amide bonds. The van der Waals surface area contributed by atoms with Crippen molar-refractivity contribution in [2.75, 3.05) is 6.54 Å². The second kappa shape index (κ2) is 7.28. The van der Waals surface area contributed by atoms with E-state index in [9.17, 15) is 9.59 Å². The highest BCUT2D eigenvalue weighted by Gasteiger charge is 2.43. The molecule has 1 saturated heterocycles. The predicted molar refractivity (Wildman–Crippen MR) is 83.8 cm³/mol. The van der Waals surface area contributed by atoms with Gasteiger partial charge in [0.1, 0.15) is 12.1 Å². The molecule has 2 unspecified atom stereocenters. The van der Waals surface area contributed by atoms with E-state index in [0.717, 1.165) is 25.7 Å². The zero-order valence-electron chi connectivity index (χ0n) is 13.7. The molecular weight excluding hydrogens is 264 g/mol. The molecule has 2 rings (SSSR count). The molecule has 21 heavy (non-hydrogen) atoms. The average molecular weight is 294 g/mol. The topological polar surface area (TPSA) is 49.4 Å². The van der Waals surface area contributed by atoms with Gasteiger partial charge < -0.3 is 10.2 Å². The third-order valence-electron chi connectivity index (χ3n) is 4.81. The number of piperazine rings is 1. The van der Waals surface area contributed by atoms with Crippen LogP contribution in [0.15, 0.2) is 0 Å². The first-order valence-corrected chi connectivity index (χ1v) is 8.65. The summed E-state index contributed by atoms with van der Waals surface area (Å²) in [4.78, 5) is 27.2. The molecule has 0 bridgehead atoms. The van der Waals surface area contributed by atoms with Gasteiger partial charge in [0, 0.05) is 6.54 Å². The van der Waals surface area contributed by atoms with E-state index in [1.807, 2.05) is 4.90 Å². The minimum atomic E-state index is -0.271. The predicted octanol–water partition coefficient (Wildman–Crippen LogP) is 2.72. The Labute approximate surface area is 128 Å². The SMILES string of the molecule is CCCN1C(=O)C(C2CCCCC2)NC(=O)C1CC(C)C. The number of carbonyl (C=O) groups is 2. The third-order valence-corrected chi connectivity index (χ3v) is 4.81. The minimum absolute atomic E-state index is 0.0623. The highest BCUT2D eigenvalue weighted by molar-refractivity contribution is 5.97. The maximum Gasteiger partial charge on any atom is 0.246 e. The van der Waals surface area contributed by atoms with Gasteiger partial charge in [-0.25, -0.2) is 0 Å². The number of nitrogens with zero attached hydrogens (tertiary/aromatic N) is 1. The molecule has 2 atom stereocenters. The van der Waals surface area contributed by atoms with Crippen molar-refractivity contribution in [2.24, 2.45) is 11.8 Å². The first-order chi connectivity index (χ1) is 10.0. The molecule has 4 heteroatoms. The standard InChI is InChI=1S/C17H30N2O2/c1-4-10-19-14(11-12(2)3)16(20)18-15(17(19)21)13-8-6-5-7-9-13/h12-15H,4-11H2,1-3H3,(H,18,20). The number of rotatable bonds is 5. The van der Waals surface area contributed by atoms with E-state index in [-0.39, 0.29) is 23.9 Å². The first kappa shape index (κ1) is 16.3. The second-order valence-electron chi connectivity index (χ2n) is 7.06. The molecule has 2 aliphatic rings. The highest BCUT2D eigenvalue weighted by Crippen LogP contribution is 2.30. The van der Waals surface area contributed by atoms with Crippen LogP contribution in [-0.4, -0.2) is 35.3 Å². The molecule has 1 N–H and O–H groups in total. The molecule has 1 saturated carbocycles. The lowest BCUT2D eigenvalue weighted by Crippen LogP contribution is -2.65. The lowest BCUT2D eigenvalue weighted by molar-refractivity contribution is -0.152. The van der Waals surface area contributed by atoms with E-state index in [0.29, 0.717) is 18.4 Å². The summed E-state index contributed by atoms with van der Waals surface area (Å²) < 4.78 is 0. The van der Waals surface area contributed by atoms with E-state index in [2.05, 4.69) is 26.1 Å². The van der Waals surface area contributed by atoms with Crippen molar-refractivity contribution >= 4 is 11.8 Å². The van der Waals surface area contributed by atoms with Crippen molar-refractivity contribution in [3.63, 3.8) is 0 Å². The number of carbonyl (C=O) groups excluding carboxylic acids is 2. The summed E-state index contributed by atoms with van der Waals surface area (Å²) >= 11 is 0. The molecule has 4 nitrogen and oxygen atoms in total. The van der Waals surface area contributed by atoms with E-state index in [4.69, 9.17) is 0 Å². The van der Waals surface area contributed by atoms with Crippen molar-refractivity contribution in [1.29, 1.82) is 0 Å². The van der Waals surface area contributed by atoms with Gasteiger partial charge in [-0.1, -0.05) is 40.0 Å². The van der Waals surface area contributed by atoms with Crippen molar-refractivity contribution in [3.05, 3.63) is 0 Å². The summed E-state index contributed by atoms with van der Waals surface area (Å²) in [6, 6.07) is -0.537. The Morgan fingerprint density at radius 2 is 1.86 bits per heavy atom. The Morgan fingerprint density at radius 3 is 2.43 bits per heavy atom. The van der Waals surface area contributed by atoms with Gasteiger partial charge in [-0.15, -0.1) is 0 Å². The first-order valence-electron chi connectivity index (χ1n) is 8.65. The summed E-state index contributed by atoms with van der Waals surface area (Å²) in [5.74, 6) is 0.981. The van der Waals surface area contributed by atoms with E-state index in [1.165, 1.54) is 19.3 Å². The number of amides is 2. The Morgan fingerprint density at radius 1 is 1.19 bits per heavy atom. The summed E-state index contributed by atoms with van der Waals surface area (Å²) in [6.45, 7) is 6.99. The fourth-order valence-electron chi connectivity index (χ4n) is 3.76. The van der Waals surface area contributed by atoms with Crippen LogP contribution in [0.5, 0.6) is 0 Å². The van der Waals surface area contributed by atoms with Crippen LogP contribution in [0.4, 0.5) is 0 Å². The van der Waals surface area contributed by atoms with Crippen LogP contribution in [0.1, 0.15) is 65.7 Å². The molecule has 1 aliphatic heterocycles. The van der Waals surface area contributed by atoms with Gasteiger partial charge in [0.15, 0.2) is 0 Å². The fourth-order valence-corrected chi connectivity index (χ4v) is 3.76. The molecular formula is C17H30N2O2. The van der Waals surface area contributed by atoms with Gasteiger partial charge in [-0.05, 0) is 37.5 Å². The van der Waals surface area contributed by atoms with Crippen LogP contribution in [0.3, 0.4) is 0 Å². The highest BCUT2D eigenvalue weighted by atomic mass is 16.2. The smallest absolute Gasteiger partial charge is 0.246 e. The lowest BCUT2D eigenvalue weighted by atomic mass is 9.81. The number of nitrogens with one attached hydrogen (secondary N) is 1.